The molecule has 11 nitrogen and oxygen atoms in total. The molecule has 6 aromatic rings. The molecule has 3 aliphatic carbocycles. The lowest BCUT2D eigenvalue weighted by Gasteiger charge is -2.38. The molecule has 77 heavy (non-hydrogen) atoms. The molecule has 1 saturated carbocycles. The van der Waals surface area contributed by atoms with Gasteiger partial charge in [-0.2, -0.15) is 0 Å². The number of aliphatic hydroxyl groups is 2. The summed E-state index contributed by atoms with van der Waals surface area (Å²) in [6, 6.07) is 29.8. The van der Waals surface area contributed by atoms with Crippen LogP contribution in [0.1, 0.15) is 131 Å². The highest BCUT2D eigenvalue weighted by molar-refractivity contribution is 6.05. The summed E-state index contributed by atoms with van der Waals surface area (Å²) in [6.45, 7) is 0.0429. The number of anilines is 1. The number of benzene rings is 4. The number of hydrogen-bond acceptors (Lipinski definition) is 9. The number of aromatic amines is 2. The number of carbonyl (C=O) groups is 2. The quantitative estimate of drug-likeness (QED) is 0.0463. The molecule has 1 fully saturated rings. The van der Waals surface area contributed by atoms with Crippen LogP contribution < -0.4 is 15.4 Å². The number of aryl methyl sites for hydroxylation is 3. The van der Waals surface area contributed by atoms with Crippen molar-refractivity contribution in [2.75, 3.05) is 25.5 Å². The van der Waals surface area contributed by atoms with Gasteiger partial charge >= 0.3 is 0 Å². The van der Waals surface area contributed by atoms with Gasteiger partial charge < -0.3 is 45.8 Å². The van der Waals surface area contributed by atoms with E-state index in [-0.39, 0.29) is 60.5 Å². The van der Waals surface area contributed by atoms with Gasteiger partial charge in [-0.15, -0.1) is 0 Å². The van der Waals surface area contributed by atoms with Crippen LogP contribution in [-0.2, 0) is 41.7 Å². The summed E-state index contributed by atoms with van der Waals surface area (Å²) in [7, 11) is 1.88. The summed E-state index contributed by atoms with van der Waals surface area (Å²) >= 11 is 0. The first-order valence-corrected chi connectivity index (χ1v) is 28.1. The highest BCUT2D eigenvalue weighted by Crippen LogP contribution is 2.48. The standard InChI is InChI=1S/C66H72N4O7/c1-67-39-46-20-24-57-56-38-58-52(27-30-68-58)55(35-41-14-19-44-10-7-13-59(72)51(44)22-16-41)62(56)65(76)54(28-31-71)60(73)25-18-43-34-48(64(75)61(36-43)77-49-11-5-6-12-49)33-42-17-21-50(47(32-42)37-45-26-29-69-66(45)70-57)53(63(46)74)23-15-40-8-3-2-4-9-40/h2-4,7-10,13,16-17,21-22,26-27,29-30,32,34,36,38,41,46,49,53-55,57,62-63,67-72,74-75H,5-6,11-12,14-15,18-19,23,25,28,31,33,35,37,39H2,1H3. The van der Waals surface area contributed by atoms with E-state index in [9.17, 15) is 20.4 Å². The zero-order valence-electron chi connectivity index (χ0n) is 44.1. The van der Waals surface area contributed by atoms with E-state index < -0.39 is 35.8 Å². The molecule has 2 aliphatic heterocycles. The topological polar surface area (TPSA) is 180 Å². The van der Waals surface area contributed by atoms with Gasteiger partial charge in [0.05, 0.1) is 24.0 Å². The van der Waals surface area contributed by atoms with Crippen molar-refractivity contribution in [1.29, 1.82) is 0 Å². The van der Waals surface area contributed by atoms with E-state index in [1.807, 2.05) is 55.9 Å². The van der Waals surface area contributed by atoms with Crippen LogP contribution in [0.15, 0.2) is 115 Å². The monoisotopic (exact) mass is 1030 g/mol. The minimum atomic E-state index is -1.13. The van der Waals surface area contributed by atoms with Gasteiger partial charge in [0.1, 0.15) is 23.4 Å². The van der Waals surface area contributed by atoms with E-state index in [4.69, 9.17) is 4.74 Å². The normalized spacial score (nSPS) is 24.4. The zero-order valence-corrected chi connectivity index (χ0v) is 44.1. The first-order chi connectivity index (χ1) is 37.6. The molecule has 0 spiro atoms. The Hall–Kier alpha value is -7.10. The molecule has 4 heterocycles. The Morgan fingerprint density at radius 3 is 2.43 bits per heavy atom. The minimum absolute atomic E-state index is 0.00769. The van der Waals surface area contributed by atoms with Crippen LogP contribution in [-0.4, -0.2) is 80.4 Å². The second-order valence-electron chi connectivity index (χ2n) is 22.3. The molecule has 11 heteroatoms. The van der Waals surface area contributed by atoms with Crippen LogP contribution in [0.4, 0.5) is 5.82 Å². The van der Waals surface area contributed by atoms with E-state index in [1.54, 1.807) is 6.07 Å². The number of ketones is 2. The summed E-state index contributed by atoms with van der Waals surface area (Å²) < 4.78 is 6.58. The summed E-state index contributed by atoms with van der Waals surface area (Å²) in [5, 5.41) is 54.0. The fraction of sp³-hybridized carbons (Fsp3) is 0.394. The predicted octanol–water partition coefficient (Wildman–Crippen LogP) is 10.5. The maximum absolute atomic E-state index is 16.2. The maximum Gasteiger partial charge on any atom is 0.161 e. The Morgan fingerprint density at radius 1 is 0.766 bits per heavy atom. The van der Waals surface area contributed by atoms with E-state index >= 15 is 9.59 Å². The molecular weight excluding hydrogens is 961 g/mol. The van der Waals surface area contributed by atoms with Crippen molar-refractivity contribution in [3.63, 3.8) is 0 Å². The van der Waals surface area contributed by atoms with Crippen LogP contribution >= 0.6 is 0 Å². The largest absolute Gasteiger partial charge is 0.507 e. The fourth-order valence-corrected chi connectivity index (χ4v) is 13.3. The van der Waals surface area contributed by atoms with Crippen LogP contribution in [0.3, 0.4) is 0 Å². The van der Waals surface area contributed by atoms with E-state index in [2.05, 4.69) is 99.2 Å². The number of fused-ring (bicyclic) bond motifs is 8. The van der Waals surface area contributed by atoms with Crippen LogP contribution in [0.2, 0.25) is 0 Å². The number of allylic oxidation sites excluding steroid dienone is 1. The molecule has 0 radical (unpaired) electrons. The lowest BCUT2D eigenvalue weighted by Crippen LogP contribution is -2.41. The van der Waals surface area contributed by atoms with E-state index in [0.29, 0.717) is 55.5 Å². The Labute approximate surface area is 452 Å². The summed E-state index contributed by atoms with van der Waals surface area (Å²) in [5.41, 5.74) is 11.2. The maximum atomic E-state index is 16.2. The number of phenols is 2. The minimum Gasteiger partial charge on any atom is -0.507 e. The second-order valence-corrected chi connectivity index (χ2v) is 22.3. The third-order valence-electron chi connectivity index (χ3n) is 17.3. The summed E-state index contributed by atoms with van der Waals surface area (Å²) in [5.74, 6) is 5.02. The molecule has 5 aliphatic rings. The number of ether oxygens (including phenoxy) is 1. The lowest BCUT2D eigenvalue weighted by molar-refractivity contribution is -0.135. The third-order valence-corrected chi connectivity index (χ3v) is 17.3. The molecule has 5 bridgehead atoms. The number of rotatable bonds is 11. The SMILES string of the molecule is CNCC1C#CC2Nc3[nH]ccc3Cc3cc(ccc3C(CCc3ccccc3)C1O)Cc1cc(cc(OC3CCCC3)c1O)CCC(=O)C(CCO)C(=O)C1C2=Cc2[nH]ccc2C1CC1C=Cc2c(O)cccc2CC1. The van der Waals surface area contributed by atoms with Crippen molar-refractivity contribution in [2.24, 2.45) is 23.7 Å². The van der Waals surface area contributed by atoms with Gasteiger partial charge in [0.25, 0.3) is 0 Å². The van der Waals surface area contributed by atoms with Gasteiger partial charge in [-0.25, -0.2) is 0 Å². The first kappa shape index (κ1) is 52.0. The highest BCUT2D eigenvalue weighted by atomic mass is 16.5. The van der Waals surface area contributed by atoms with Gasteiger partial charge in [-0.3, -0.25) is 9.59 Å². The van der Waals surface area contributed by atoms with E-state index in [1.165, 1.54) is 5.56 Å². The first-order valence-electron chi connectivity index (χ1n) is 28.1. The van der Waals surface area contributed by atoms with Crippen molar-refractivity contribution in [2.45, 2.75) is 120 Å². The summed E-state index contributed by atoms with van der Waals surface area (Å²) in [6.07, 6.45) is 17.8. The molecular formula is C66H72N4O7. The van der Waals surface area contributed by atoms with Gasteiger partial charge in [0.2, 0.25) is 0 Å². The number of nitrogens with one attached hydrogen (secondary N) is 4. The molecule has 2 aromatic heterocycles. The smallest absolute Gasteiger partial charge is 0.161 e. The number of phenolic OH excluding ortho intramolecular Hbond substituents is 2. The number of carbonyl (C=O) groups excluding carboxylic acids is 2. The Bertz CT molecular complexity index is 3220. The van der Waals surface area contributed by atoms with Crippen LogP contribution in [0.5, 0.6) is 17.2 Å². The Balaban J connectivity index is 1.10. The second kappa shape index (κ2) is 23.2. The number of aromatic nitrogens is 2. The average Bonchev–Trinajstić information content (AvgIpc) is 4.24. The molecule has 0 amide bonds. The van der Waals surface area contributed by atoms with Gasteiger partial charge in [0.15, 0.2) is 17.3 Å². The molecule has 8 unspecified atom stereocenters. The Morgan fingerprint density at radius 2 is 1.60 bits per heavy atom. The van der Waals surface area contributed by atoms with Crippen molar-refractivity contribution >= 4 is 29.5 Å². The third kappa shape index (κ3) is 11.2. The molecule has 0 saturated heterocycles. The van der Waals surface area contributed by atoms with E-state index in [0.717, 1.165) is 101 Å². The predicted molar refractivity (Wildman–Crippen MR) is 302 cm³/mol. The average molecular weight is 1030 g/mol. The van der Waals surface area contributed by atoms with Crippen molar-refractivity contribution in [1.82, 2.24) is 15.3 Å². The van der Waals surface area contributed by atoms with Crippen LogP contribution in [0, 0.1) is 35.5 Å². The van der Waals surface area contributed by atoms with Gasteiger partial charge in [-0.05, 0) is 164 Å². The summed E-state index contributed by atoms with van der Waals surface area (Å²) in [4.78, 5) is 38.3. The molecule has 4 aromatic carbocycles. The van der Waals surface area contributed by atoms with Crippen molar-refractivity contribution in [3.05, 3.63) is 176 Å². The Kier molecular flexibility index (Phi) is 15.7. The van der Waals surface area contributed by atoms with Gasteiger partial charge in [0, 0.05) is 79.4 Å². The highest BCUT2D eigenvalue weighted by Gasteiger charge is 2.45. The number of Topliss-reactive ketones (excluding diaryl/α,β-unsaturated/α-hetero) is 2. The molecule has 8 atom stereocenters. The number of hydrogen-bond donors (Lipinski definition) is 8. The van der Waals surface area contributed by atoms with Crippen molar-refractivity contribution in [3.8, 4) is 29.1 Å². The fourth-order valence-electron chi connectivity index (χ4n) is 13.3. The lowest BCUT2D eigenvalue weighted by atomic mass is 9.66. The number of aromatic hydroxyl groups is 2. The van der Waals surface area contributed by atoms with Gasteiger partial charge in [-0.1, -0.05) is 90.7 Å². The van der Waals surface area contributed by atoms with Crippen molar-refractivity contribution < 1.29 is 34.8 Å². The zero-order chi connectivity index (χ0) is 53.0. The van der Waals surface area contributed by atoms with Crippen LogP contribution in [0.25, 0.3) is 12.2 Å². The molecule has 11 rings (SSSR count). The molecule has 8 N–H and O–H groups in total. The number of aliphatic hydroxyl groups excluding tert-OH is 2. The molecule has 398 valence electrons. The number of H-pyrrole nitrogens is 2.